The lowest BCUT2D eigenvalue weighted by Crippen LogP contribution is -2.20. The Morgan fingerprint density at radius 2 is 1.56 bits per heavy atom. The molecular weight excluding hydrogens is 359 g/mol. The van der Waals surface area contributed by atoms with Crippen molar-refractivity contribution in [1.82, 2.24) is 0 Å². The molecule has 10 heteroatoms. The zero-order valence-corrected chi connectivity index (χ0v) is 13.7. The summed E-state index contributed by atoms with van der Waals surface area (Å²) in [4.78, 5) is 11.9. The highest BCUT2D eigenvalue weighted by Gasteiger charge is 2.31. The van der Waals surface area contributed by atoms with Crippen molar-refractivity contribution < 1.29 is 26.7 Å². The first-order valence-corrected chi connectivity index (χ1v) is 7.98. The van der Waals surface area contributed by atoms with Crippen LogP contribution in [0.5, 0.6) is 0 Å². The van der Waals surface area contributed by atoms with Crippen LogP contribution < -0.4 is 15.4 Å². The molecule has 2 aromatic rings. The molecule has 0 saturated heterocycles. The minimum absolute atomic E-state index is 0.0128. The van der Waals surface area contributed by atoms with Crippen LogP contribution in [0, 0.1) is 6.92 Å². The van der Waals surface area contributed by atoms with Gasteiger partial charge in [0.15, 0.2) is 0 Å². The van der Waals surface area contributed by atoms with Gasteiger partial charge in [-0.25, -0.2) is 9.00 Å². The van der Waals surface area contributed by atoms with E-state index in [1.54, 1.807) is 0 Å². The molecule has 25 heavy (non-hydrogen) atoms. The van der Waals surface area contributed by atoms with Crippen LogP contribution in [0.15, 0.2) is 42.5 Å². The summed E-state index contributed by atoms with van der Waals surface area (Å²) in [6, 6.07) is 8.37. The van der Waals surface area contributed by atoms with E-state index in [-0.39, 0.29) is 5.69 Å². The summed E-state index contributed by atoms with van der Waals surface area (Å²) in [6.45, 7) is 1.50. The molecule has 4 N–H and O–H groups in total. The Morgan fingerprint density at radius 3 is 2.12 bits per heavy atom. The highest BCUT2D eigenvalue weighted by molar-refractivity contribution is 7.80. The zero-order valence-electron chi connectivity index (χ0n) is 12.8. The molecule has 1 unspecified atom stereocenters. The van der Waals surface area contributed by atoms with Crippen molar-refractivity contribution in [2.24, 2.45) is 0 Å². The molecule has 0 heterocycles. The Labute approximate surface area is 143 Å². The third kappa shape index (κ3) is 5.76. The van der Waals surface area contributed by atoms with Crippen LogP contribution in [0.1, 0.15) is 11.1 Å². The third-order valence-corrected chi connectivity index (χ3v) is 3.42. The number of carbonyl (C=O) groups is 1. The highest BCUT2D eigenvalue weighted by atomic mass is 32.2. The van der Waals surface area contributed by atoms with Crippen molar-refractivity contribution in [3.8, 4) is 0 Å². The second-order valence-electron chi connectivity index (χ2n) is 5.09. The van der Waals surface area contributed by atoms with Crippen LogP contribution in [-0.2, 0) is 17.4 Å². The number of nitrogens with one attached hydrogen (secondary N) is 3. The largest absolute Gasteiger partial charge is 0.416 e. The molecule has 2 aromatic carbocycles. The number of urea groups is 1. The minimum Gasteiger partial charge on any atom is -0.308 e. The molecule has 2 rings (SSSR count). The molecule has 0 radical (unpaired) electrons. The van der Waals surface area contributed by atoms with Crippen molar-refractivity contribution in [1.29, 1.82) is 0 Å². The Hall–Kier alpha value is -2.59. The molecule has 1 atom stereocenters. The fraction of sp³-hybridized carbons (Fsp3) is 0.133. The number of alkyl halides is 3. The van der Waals surface area contributed by atoms with Gasteiger partial charge in [-0.2, -0.15) is 13.2 Å². The number of benzene rings is 2. The number of aryl methyl sites for hydroxylation is 1. The normalized spacial score (nSPS) is 12.4. The average Bonchev–Trinajstić information content (AvgIpc) is 2.47. The molecule has 0 aromatic heterocycles. The van der Waals surface area contributed by atoms with Crippen molar-refractivity contribution in [2.45, 2.75) is 13.1 Å². The van der Waals surface area contributed by atoms with Gasteiger partial charge in [0.1, 0.15) is 0 Å². The molecule has 0 bridgehead atoms. The van der Waals surface area contributed by atoms with Crippen LogP contribution in [0.2, 0.25) is 0 Å². The summed E-state index contributed by atoms with van der Waals surface area (Å²) in [5, 5.41) is 4.79. The lowest BCUT2D eigenvalue weighted by Gasteiger charge is -2.12. The van der Waals surface area contributed by atoms with E-state index in [9.17, 15) is 22.2 Å². The Kier molecular flexibility index (Phi) is 5.65. The lowest BCUT2D eigenvalue weighted by atomic mass is 10.1. The third-order valence-electron chi connectivity index (χ3n) is 3.01. The Bertz CT molecular complexity index is 795. The first-order valence-electron chi connectivity index (χ1n) is 6.88. The number of anilines is 3. The smallest absolute Gasteiger partial charge is 0.308 e. The monoisotopic (exact) mass is 373 g/mol. The SMILES string of the molecule is Cc1cc(NC(=O)Nc2ccc(NS(=O)O)cc2)cc(C(F)(F)F)c1. The molecule has 0 spiro atoms. The number of hydrogen-bond acceptors (Lipinski definition) is 2. The fourth-order valence-corrected chi connectivity index (χ4v) is 2.37. The Morgan fingerprint density at radius 1 is 1.00 bits per heavy atom. The molecule has 0 aliphatic rings. The van der Waals surface area contributed by atoms with Crippen LogP contribution in [0.4, 0.5) is 35.0 Å². The fourth-order valence-electron chi connectivity index (χ4n) is 2.03. The van der Waals surface area contributed by atoms with E-state index in [1.165, 1.54) is 37.3 Å². The van der Waals surface area contributed by atoms with E-state index in [4.69, 9.17) is 4.55 Å². The first-order chi connectivity index (χ1) is 11.6. The molecule has 0 aliphatic heterocycles. The maximum absolute atomic E-state index is 12.8. The summed E-state index contributed by atoms with van der Waals surface area (Å²) >= 11 is -2.21. The molecule has 134 valence electrons. The van der Waals surface area contributed by atoms with Crippen molar-refractivity contribution in [3.05, 3.63) is 53.6 Å². The van der Waals surface area contributed by atoms with Crippen molar-refractivity contribution >= 4 is 34.4 Å². The second-order valence-corrected chi connectivity index (χ2v) is 5.80. The summed E-state index contributed by atoms with van der Waals surface area (Å²) in [5.74, 6) is 0. The molecule has 2 amide bonds. The summed E-state index contributed by atoms with van der Waals surface area (Å²) in [5.41, 5.74) is 0.238. The van der Waals surface area contributed by atoms with Gasteiger partial charge in [0.05, 0.1) is 5.56 Å². The summed E-state index contributed by atoms with van der Waals surface area (Å²) in [7, 11) is 0. The molecule has 6 nitrogen and oxygen atoms in total. The van der Waals surface area contributed by atoms with Gasteiger partial charge < -0.3 is 10.6 Å². The molecular formula is C15H14F3N3O3S. The maximum Gasteiger partial charge on any atom is 0.416 e. The second kappa shape index (κ2) is 7.53. The number of rotatable bonds is 4. The van der Waals surface area contributed by atoms with Gasteiger partial charge in [0.2, 0.25) is 0 Å². The van der Waals surface area contributed by atoms with Crippen molar-refractivity contribution in [3.63, 3.8) is 0 Å². The van der Waals surface area contributed by atoms with E-state index >= 15 is 0 Å². The van der Waals surface area contributed by atoms with Gasteiger partial charge in [-0.05, 0) is 55.0 Å². The van der Waals surface area contributed by atoms with E-state index in [1.807, 2.05) is 0 Å². The number of halogens is 3. The van der Waals surface area contributed by atoms with Gasteiger partial charge in [-0.1, -0.05) is 0 Å². The predicted molar refractivity (Wildman–Crippen MR) is 89.7 cm³/mol. The average molecular weight is 373 g/mol. The summed E-state index contributed by atoms with van der Waals surface area (Å²) < 4.78 is 59.9. The molecule has 0 fully saturated rings. The van der Waals surface area contributed by atoms with E-state index in [0.29, 0.717) is 16.9 Å². The first kappa shape index (κ1) is 18.7. The van der Waals surface area contributed by atoms with E-state index < -0.39 is 29.0 Å². The van der Waals surface area contributed by atoms with E-state index in [0.717, 1.165) is 12.1 Å². The van der Waals surface area contributed by atoms with Gasteiger partial charge in [-0.15, -0.1) is 0 Å². The highest BCUT2D eigenvalue weighted by Crippen LogP contribution is 2.31. The quantitative estimate of drug-likeness (QED) is 0.605. The van der Waals surface area contributed by atoms with E-state index in [2.05, 4.69) is 15.4 Å². The van der Waals surface area contributed by atoms with Gasteiger partial charge in [0.25, 0.3) is 11.3 Å². The standard InChI is InChI=1S/C15H14F3N3O3S/c1-9-6-10(15(16,17)18)8-13(7-9)20-14(22)19-11-2-4-12(5-3-11)21-25(23)24/h2-8,21H,1H3,(H,23,24)(H2,19,20,22). The number of hydrogen-bond donors (Lipinski definition) is 4. The molecule has 0 saturated carbocycles. The van der Waals surface area contributed by atoms with Crippen LogP contribution in [-0.4, -0.2) is 14.8 Å². The summed E-state index contributed by atoms with van der Waals surface area (Å²) in [6.07, 6.45) is -4.51. The number of carbonyl (C=O) groups excluding carboxylic acids is 1. The predicted octanol–water partition coefficient (Wildman–Crippen LogP) is 4.21. The zero-order chi connectivity index (χ0) is 18.6. The van der Waals surface area contributed by atoms with Crippen molar-refractivity contribution in [2.75, 3.05) is 15.4 Å². The lowest BCUT2D eigenvalue weighted by molar-refractivity contribution is -0.137. The Balaban J connectivity index is 2.05. The number of amides is 2. The van der Waals surface area contributed by atoms with Gasteiger partial charge >= 0.3 is 12.2 Å². The van der Waals surface area contributed by atoms with Crippen LogP contribution >= 0.6 is 0 Å². The topological polar surface area (TPSA) is 90.5 Å². The maximum atomic E-state index is 12.8. The van der Waals surface area contributed by atoms with Crippen LogP contribution in [0.25, 0.3) is 0 Å². The van der Waals surface area contributed by atoms with Gasteiger partial charge in [0, 0.05) is 17.1 Å². The minimum atomic E-state index is -4.51. The van der Waals surface area contributed by atoms with Crippen LogP contribution in [0.3, 0.4) is 0 Å². The molecule has 0 aliphatic carbocycles. The van der Waals surface area contributed by atoms with Gasteiger partial charge in [-0.3, -0.25) is 9.27 Å².